The summed E-state index contributed by atoms with van der Waals surface area (Å²) in [7, 11) is 0. The van der Waals surface area contributed by atoms with E-state index in [2.05, 4.69) is 217 Å². The van der Waals surface area contributed by atoms with Crippen molar-refractivity contribution in [2.45, 2.75) is 80.1 Å². The molecule has 8 aromatic carbocycles. The van der Waals surface area contributed by atoms with E-state index in [9.17, 15) is 5.53 Å². The summed E-state index contributed by atoms with van der Waals surface area (Å²) in [5.74, 6) is 0. The Kier molecular flexibility index (Phi) is 10.6. The second-order valence-corrected chi connectivity index (χ2v) is 20.5. The molecule has 0 unspecified atom stereocenters. The summed E-state index contributed by atoms with van der Waals surface area (Å²) in [6.07, 6.45) is 7.38. The van der Waals surface area contributed by atoms with Crippen LogP contribution >= 0.6 is 0 Å². The lowest BCUT2D eigenvalue weighted by atomic mass is 9.78. The van der Waals surface area contributed by atoms with E-state index in [1.807, 2.05) is 24.8 Å². The van der Waals surface area contributed by atoms with Crippen molar-refractivity contribution in [2.24, 2.45) is 0 Å². The number of hydrogen-bond donors (Lipinski definition) is 0. The van der Waals surface area contributed by atoms with Gasteiger partial charge in [-0.3, -0.25) is 9.97 Å². The summed E-state index contributed by atoms with van der Waals surface area (Å²) in [6.45, 7) is 22.7. The van der Waals surface area contributed by atoms with Crippen LogP contribution in [0.25, 0.3) is 93.1 Å². The average molecular weight is 869 g/mol. The lowest BCUT2D eigenvalue weighted by Gasteiger charge is -2.25. The molecule has 4 nitrogen and oxygen atoms in total. The number of benzene rings is 8. The maximum atomic E-state index is 12.0. The lowest BCUT2D eigenvalue weighted by molar-refractivity contribution is -0.00233. The number of pyridine rings is 2. The summed E-state index contributed by atoms with van der Waals surface area (Å²) in [6, 6.07) is 48.6. The molecule has 0 atom stereocenters. The third-order valence-electron chi connectivity index (χ3n) is 13.9. The molecule has 0 spiro atoms. The number of aryl methyl sites for hydroxylation is 4. The van der Waals surface area contributed by atoms with Crippen molar-refractivity contribution in [3.8, 4) is 44.5 Å². The van der Waals surface area contributed by atoms with Gasteiger partial charge in [-0.15, -0.1) is 0 Å². The van der Waals surface area contributed by atoms with Crippen LogP contribution in [0.2, 0.25) is 0 Å². The Morgan fingerprint density at radius 2 is 0.701 bits per heavy atom. The van der Waals surface area contributed by atoms with Gasteiger partial charge in [0.2, 0.25) is 0 Å². The van der Waals surface area contributed by atoms with Crippen LogP contribution in [0.1, 0.15) is 86.1 Å². The predicted molar refractivity (Wildman–Crippen MR) is 283 cm³/mol. The number of aromatic nitrogens is 2. The molecule has 0 aliphatic heterocycles. The quantitative estimate of drug-likeness (QED) is 0.0723. The van der Waals surface area contributed by atoms with Gasteiger partial charge in [0.1, 0.15) is 0 Å². The average Bonchev–Trinajstić information content (AvgIpc) is 3.31. The van der Waals surface area contributed by atoms with Gasteiger partial charge in [0.25, 0.3) is 0 Å². The minimum atomic E-state index is -0.000387. The first-order valence-corrected chi connectivity index (χ1v) is 23.4. The van der Waals surface area contributed by atoms with Crippen LogP contribution in [0.4, 0.5) is 0 Å². The molecule has 0 radical (unpaired) electrons. The standard InChI is InChI=1S/C63H56N4/c1-37-31-45(62(5,6)7)32-38(2)55(37)57-47-15-11-13-17-49(47)59(53-35-43(19-21-51(53)57)41-23-27-65-28-24-41)61(67-64)60-50-18-14-12-16-48(50)58(56-39(3)33-46(34-40(56)4)63(8,9)10)52-22-20-44(36-54(52)60)42-25-29-66-30-26-42/h11-36H,1-10H3. The van der Waals surface area contributed by atoms with Crippen molar-refractivity contribution in [1.82, 2.24) is 9.97 Å². The van der Waals surface area contributed by atoms with E-state index < -0.39 is 0 Å². The number of fused-ring (bicyclic) bond motifs is 4. The van der Waals surface area contributed by atoms with E-state index in [-0.39, 0.29) is 10.8 Å². The van der Waals surface area contributed by atoms with Gasteiger partial charge in [0, 0.05) is 24.8 Å². The molecular weight excluding hydrogens is 813 g/mol. The molecule has 2 aromatic heterocycles. The number of hydrogen-bond acceptors (Lipinski definition) is 2. The fourth-order valence-corrected chi connectivity index (χ4v) is 10.7. The fraction of sp³-hybridized carbons (Fsp3) is 0.190. The molecule has 0 aliphatic rings. The zero-order valence-electron chi connectivity index (χ0n) is 40.3. The highest BCUT2D eigenvalue weighted by Crippen LogP contribution is 2.48. The number of rotatable bonds is 6. The van der Waals surface area contributed by atoms with Gasteiger partial charge in [-0.05, 0) is 196 Å². The normalized spacial score (nSPS) is 12.0. The van der Waals surface area contributed by atoms with Gasteiger partial charge < -0.3 is 5.53 Å². The molecule has 328 valence electrons. The van der Waals surface area contributed by atoms with Gasteiger partial charge in [0.05, 0.1) is 11.1 Å². The first kappa shape index (κ1) is 43.4. The maximum absolute atomic E-state index is 12.0. The zero-order valence-corrected chi connectivity index (χ0v) is 40.3. The number of nitrogens with zero attached hydrogens (tertiary/aromatic N) is 4. The highest BCUT2D eigenvalue weighted by Gasteiger charge is 2.32. The fourth-order valence-electron chi connectivity index (χ4n) is 10.7. The molecule has 0 bridgehead atoms. The maximum Gasteiger partial charge on any atom is 0.332 e. The Morgan fingerprint density at radius 3 is 1.03 bits per heavy atom. The van der Waals surface area contributed by atoms with Gasteiger partial charge in [-0.1, -0.05) is 139 Å². The Labute approximate surface area is 394 Å². The second kappa shape index (κ2) is 16.4. The summed E-state index contributed by atoms with van der Waals surface area (Å²) in [5, 5.41) is 8.43. The largest absolute Gasteiger partial charge is 0.361 e. The van der Waals surface area contributed by atoms with Gasteiger partial charge >= 0.3 is 5.71 Å². The Bertz CT molecular complexity index is 3390. The second-order valence-electron chi connectivity index (χ2n) is 20.5. The van der Waals surface area contributed by atoms with Gasteiger partial charge in [-0.25, -0.2) is 0 Å². The van der Waals surface area contributed by atoms with Crippen LogP contribution in [0, 0.1) is 27.7 Å². The monoisotopic (exact) mass is 868 g/mol. The molecule has 10 aromatic rings. The third kappa shape index (κ3) is 7.43. The Hall–Kier alpha value is -7.52. The minimum absolute atomic E-state index is 0.000387. The van der Waals surface area contributed by atoms with Crippen LogP contribution in [0.15, 0.2) is 158 Å². The van der Waals surface area contributed by atoms with Gasteiger partial charge in [0.15, 0.2) is 0 Å². The molecule has 0 saturated carbocycles. The van der Waals surface area contributed by atoms with E-state index >= 15 is 0 Å². The molecule has 2 heterocycles. The molecule has 67 heavy (non-hydrogen) atoms. The van der Waals surface area contributed by atoms with Crippen LogP contribution in [0.5, 0.6) is 0 Å². The smallest absolute Gasteiger partial charge is 0.332 e. The molecule has 0 saturated heterocycles. The highest BCUT2D eigenvalue weighted by molar-refractivity contribution is 6.36. The third-order valence-corrected chi connectivity index (χ3v) is 13.9. The van der Waals surface area contributed by atoms with Crippen molar-refractivity contribution in [1.29, 1.82) is 0 Å². The molecule has 0 fully saturated rings. The summed E-state index contributed by atoms with van der Waals surface area (Å²) in [4.78, 5) is 13.2. The molecule has 0 aliphatic carbocycles. The van der Waals surface area contributed by atoms with E-state index in [1.54, 1.807) is 0 Å². The predicted octanol–water partition coefficient (Wildman–Crippen LogP) is 16.7. The first-order chi connectivity index (χ1) is 32.1. The van der Waals surface area contributed by atoms with E-state index in [0.717, 1.165) is 76.5 Å². The molecular formula is C63H56N4. The Morgan fingerprint density at radius 1 is 0.373 bits per heavy atom. The summed E-state index contributed by atoms with van der Waals surface area (Å²) >= 11 is 0. The SMILES string of the molecule is Cc1cc(C(C)(C)C)cc(C)c1-c1c2ccccc2c(C(=[N+]=[N-])c2c3ccccc3c(-c3c(C)cc(C(C)(C)C)cc3C)c3ccc(-c4ccncc4)cc23)c2cc(-c3ccncc3)ccc12. The van der Waals surface area contributed by atoms with Crippen molar-refractivity contribution in [2.75, 3.05) is 0 Å². The molecule has 4 heteroatoms. The van der Waals surface area contributed by atoms with Crippen LogP contribution < -0.4 is 0 Å². The molecule has 0 N–H and O–H groups in total. The van der Waals surface area contributed by atoms with Crippen LogP contribution in [-0.4, -0.2) is 20.5 Å². The molecule has 10 rings (SSSR count). The summed E-state index contributed by atoms with van der Waals surface area (Å²) in [5.41, 5.74) is 30.9. The van der Waals surface area contributed by atoms with E-state index in [4.69, 9.17) is 0 Å². The van der Waals surface area contributed by atoms with E-state index in [0.29, 0.717) is 5.71 Å². The minimum Gasteiger partial charge on any atom is -0.361 e. The van der Waals surface area contributed by atoms with Crippen molar-refractivity contribution in [3.63, 3.8) is 0 Å². The summed E-state index contributed by atoms with van der Waals surface area (Å²) < 4.78 is 0. The van der Waals surface area contributed by atoms with Crippen molar-refractivity contribution < 1.29 is 4.79 Å². The van der Waals surface area contributed by atoms with Crippen molar-refractivity contribution in [3.05, 3.63) is 208 Å². The topological polar surface area (TPSA) is 62.2 Å². The molecule has 0 amide bonds. The van der Waals surface area contributed by atoms with Crippen molar-refractivity contribution >= 4 is 48.8 Å². The van der Waals surface area contributed by atoms with Crippen LogP contribution in [0.3, 0.4) is 0 Å². The highest BCUT2D eigenvalue weighted by atomic mass is 14.9. The van der Waals surface area contributed by atoms with Gasteiger partial charge in [-0.2, -0.15) is 4.79 Å². The zero-order chi connectivity index (χ0) is 46.9. The van der Waals surface area contributed by atoms with Crippen LogP contribution in [-0.2, 0) is 10.8 Å². The Balaban J connectivity index is 1.37. The first-order valence-electron chi connectivity index (χ1n) is 23.4. The lowest BCUT2D eigenvalue weighted by Crippen LogP contribution is -2.13. The van der Waals surface area contributed by atoms with E-state index in [1.165, 1.54) is 55.6 Å².